The van der Waals surface area contributed by atoms with Gasteiger partial charge in [-0.3, -0.25) is 57.9 Å². The molecular weight excluding hydrogens is 896 g/mol. The van der Waals surface area contributed by atoms with Gasteiger partial charge in [0.25, 0.3) is 0 Å². The summed E-state index contributed by atoms with van der Waals surface area (Å²) in [5.41, 5.74) is 37.3. The quantitative estimate of drug-likeness (QED) is 0.0169. The molecule has 0 spiro atoms. The zero-order valence-corrected chi connectivity index (χ0v) is 37.1. The SMILES string of the molecule is C[C@H](NC(=O)[C@H](CC(=O)O)NC(=O)[C@@H](NC(=O)[C@@H](NC(=O)[C@H](CCC(N)=O)NC(=O)[C@@H](N)CCCN=C(N)N)[C@@H](C)O)[C@@H](C)O)C(=O)N[C@@H](CCCN=C(N)N)C(=O)N[C@@H](CC(N)=O)C(=O)O. The van der Waals surface area contributed by atoms with Crippen molar-refractivity contribution >= 4 is 77.0 Å². The van der Waals surface area contributed by atoms with Crippen molar-refractivity contribution in [1.82, 2.24) is 37.2 Å². The standard InChI is InChI=1S/C36H64N16O15/c1-14(27(59)47-18(7-5-11-45-36(42)43)29(61)50-21(34(66)67)12-23(39)56)46-31(63)20(13-24(57)58)49-32(64)25(15(2)53)52-33(65)26(16(3)54)51-30(62)19(8-9-22(38)55)48-28(60)17(37)6-4-10-44-35(40)41/h14-21,25-26,53-54H,4-13,37H2,1-3H3,(H2,38,55)(H2,39,56)(H,46,63)(H,47,59)(H,48,60)(H,49,64)(H,50,61)(H,51,62)(H,52,65)(H,57,58)(H,66,67)(H4,40,41,44)(H4,42,43,45)/t14-,15+,16+,17-,18-,19-,20-,21-,25-,26-/m0/s1. The van der Waals surface area contributed by atoms with Crippen molar-refractivity contribution < 1.29 is 73.2 Å². The third kappa shape index (κ3) is 24.5. The molecule has 0 aliphatic carbocycles. The number of nitrogens with two attached hydrogens (primary N) is 7. The third-order valence-electron chi connectivity index (χ3n) is 9.10. The normalized spacial score (nSPS) is 15.3. The molecule has 9 amide bonds. The molecule has 0 saturated carbocycles. The van der Waals surface area contributed by atoms with Crippen molar-refractivity contribution in [2.45, 2.75) is 133 Å². The van der Waals surface area contributed by atoms with E-state index in [-0.39, 0.29) is 50.7 Å². The fraction of sp³-hybridized carbons (Fsp3) is 0.639. The molecule has 25 N–H and O–H groups in total. The molecule has 0 fully saturated rings. The highest BCUT2D eigenvalue weighted by Gasteiger charge is 2.37. The van der Waals surface area contributed by atoms with Crippen LogP contribution in [0.2, 0.25) is 0 Å². The summed E-state index contributed by atoms with van der Waals surface area (Å²) in [4.78, 5) is 147. The van der Waals surface area contributed by atoms with Crippen molar-refractivity contribution in [3.63, 3.8) is 0 Å². The average molecular weight is 961 g/mol. The Morgan fingerprint density at radius 2 is 0.896 bits per heavy atom. The molecular formula is C36H64N16O15. The smallest absolute Gasteiger partial charge is 0.326 e. The number of carbonyl (C=O) groups is 11. The van der Waals surface area contributed by atoms with Gasteiger partial charge in [-0.05, 0) is 52.9 Å². The van der Waals surface area contributed by atoms with Crippen LogP contribution in [-0.4, -0.2) is 171 Å². The summed E-state index contributed by atoms with van der Waals surface area (Å²) in [5, 5.41) is 55.0. The number of nitrogens with zero attached hydrogens (tertiary/aromatic N) is 2. The highest BCUT2D eigenvalue weighted by Crippen LogP contribution is 2.07. The van der Waals surface area contributed by atoms with E-state index in [9.17, 15) is 73.2 Å². The summed E-state index contributed by atoms with van der Waals surface area (Å²) in [7, 11) is 0. The number of hydrogen-bond donors (Lipinski definition) is 18. The largest absolute Gasteiger partial charge is 0.481 e. The summed E-state index contributed by atoms with van der Waals surface area (Å²) < 4.78 is 0. The molecule has 0 aromatic rings. The maximum atomic E-state index is 13.5. The minimum Gasteiger partial charge on any atom is -0.481 e. The second-order valence-corrected chi connectivity index (χ2v) is 15.0. The highest BCUT2D eigenvalue weighted by atomic mass is 16.4. The number of carboxylic acids is 2. The molecule has 0 aliphatic heterocycles. The second kappa shape index (κ2) is 29.9. The first-order chi connectivity index (χ1) is 31.1. The van der Waals surface area contributed by atoms with E-state index >= 15 is 0 Å². The molecule has 0 rings (SSSR count). The first-order valence-corrected chi connectivity index (χ1v) is 20.4. The predicted octanol–water partition coefficient (Wildman–Crippen LogP) is -9.70. The molecule has 67 heavy (non-hydrogen) atoms. The molecule has 0 radical (unpaired) electrons. The van der Waals surface area contributed by atoms with E-state index in [0.717, 1.165) is 20.8 Å². The van der Waals surface area contributed by atoms with E-state index in [0.29, 0.717) is 0 Å². The number of primary amides is 2. The van der Waals surface area contributed by atoms with Gasteiger partial charge >= 0.3 is 11.9 Å². The Labute approximate surface area is 382 Å². The van der Waals surface area contributed by atoms with Gasteiger partial charge in [-0.1, -0.05) is 0 Å². The van der Waals surface area contributed by atoms with Crippen LogP contribution in [-0.2, 0) is 52.7 Å². The molecule has 10 atom stereocenters. The molecule has 31 nitrogen and oxygen atoms in total. The van der Waals surface area contributed by atoms with E-state index < -0.39 is 151 Å². The molecule has 0 saturated heterocycles. The van der Waals surface area contributed by atoms with Crippen LogP contribution in [0.3, 0.4) is 0 Å². The summed E-state index contributed by atoms with van der Waals surface area (Å²) >= 11 is 0. The summed E-state index contributed by atoms with van der Waals surface area (Å²) in [6.07, 6.45) is -6.16. The van der Waals surface area contributed by atoms with Crippen LogP contribution >= 0.6 is 0 Å². The molecule has 0 aromatic heterocycles. The van der Waals surface area contributed by atoms with Crippen LogP contribution < -0.4 is 77.4 Å². The van der Waals surface area contributed by atoms with Crippen LogP contribution in [0.5, 0.6) is 0 Å². The number of nitrogens with one attached hydrogen (secondary N) is 7. The van der Waals surface area contributed by atoms with Gasteiger partial charge in [0.2, 0.25) is 53.2 Å². The number of aliphatic carboxylic acids is 2. The van der Waals surface area contributed by atoms with Crippen LogP contribution in [0.4, 0.5) is 0 Å². The van der Waals surface area contributed by atoms with E-state index in [1.54, 1.807) is 0 Å². The number of rotatable bonds is 32. The Morgan fingerprint density at radius 3 is 1.36 bits per heavy atom. The second-order valence-electron chi connectivity index (χ2n) is 15.0. The van der Waals surface area contributed by atoms with Crippen molar-refractivity contribution in [2.75, 3.05) is 13.1 Å². The lowest BCUT2D eigenvalue weighted by Crippen LogP contribution is -2.63. The number of carboxylic acid groups (broad SMARTS) is 2. The Morgan fingerprint density at radius 1 is 0.478 bits per heavy atom. The molecule has 0 unspecified atom stereocenters. The Hall–Kier alpha value is -7.41. The fourth-order valence-corrected chi connectivity index (χ4v) is 5.56. The van der Waals surface area contributed by atoms with Gasteiger partial charge in [-0.15, -0.1) is 0 Å². The zero-order valence-electron chi connectivity index (χ0n) is 37.1. The van der Waals surface area contributed by atoms with E-state index in [1.165, 1.54) is 0 Å². The van der Waals surface area contributed by atoms with Gasteiger partial charge < -0.3 is 97.8 Å². The lowest BCUT2D eigenvalue weighted by atomic mass is 10.0. The monoisotopic (exact) mass is 960 g/mol. The van der Waals surface area contributed by atoms with Crippen LogP contribution in [0, 0.1) is 0 Å². The van der Waals surface area contributed by atoms with Gasteiger partial charge in [0.15, 0.2) is 11.9 Å². The van der Waals surface area contributed by atoms with Gasteiger partial charge in [0.1, 0.15) is 42.3 Å². The fourth-order valence-electron chi connectivity index (χ4n) is 5.56. The van der Waals surface area contributed by atoms with Gasteiger partial charge in [0, 0.05) is 19.5 Å². The Bertz CT molecular complexity index is 1840. The van der Waals surface area contributed by atoms with Gasteiger partial charge in [0.05, 0.1) is 31.1 Å². The maximum absolute atomic E-state index is 13.5. The number of amides is 9. The van der Waals surface area contributed by atoms with E-state index in [2.05, 4.69) is 41.9 Å². The van der Waals surface area contributed by atoms with Gasteiger partial charge in [-0.25, -0.2) is 4.79 Å². The first kappa shape index (κ1) is 59.6. The maximum Gasteiger partial charge on any atom is 0.326 e. The number of carbonyl (C=O) groups excluding carboxylic acids is 9. The molecule has 0 aliphatic rings. The average Bonchev–Trinajstić information content (AvgIpc) is 3.20. The molecule has 0 bridgehead atoms. The van der Waals surface area contributed by atoms with Crippen molar-refractivity contribution in [1.29, 1.82) is 0 Å². The Balaban J connectivity index is 6.19. The Kier molecular flexibility index (Phi) is 26.6. The topological polar surface area (TPSA) is 560 Å². The molecule has 0 heterocycles. The van der Waals surface area contributed by atoms with E-state index in [1.807, 2.05) is 5.32 Å². The number of hydrogen-bond acceptors (Lipinski definition) is 16. The lowest BCUT2D eigenvalue weighted by Gasteiger charge is -2.29. The van der Waals surface area contributed by atoms with Crippen molar-refractivity contribution in [2.24, 2.45) is 50.1 Å². The van der Waals surface area contributed by atoms with Crippen molar-refractivity contribution in [3.8, 4) is 0 Å². The first-order valence-electron chi connectivity index (χ1n) is 20.4. The van der Waals surface area contributed by atoms with Crippen molar-refractivity contribution in [3.05, 3.63) is 0 Å². The minimum absolute atomic E-state index is 0.0396. The predicted molar refractivity (Wildman–Crippen MR) is 232 cm³/mol. The number of aliphatic hydroxyl groups is 2. The zero-order chi connectivity index (χ0) is 51.7. The number of guanidine groups is 2. The third-order valence-corrected chi connectivity index (χ3v) is 9.10. The molecule has 0 aromatic carbocycles. The summed E-state index contributed by atoms with van der Waals surface area (Å²) in [6, 6.07) is -13.6. The van der Waals surface area contributed by atoms with Crippen LogP contribution in [0.25, 0.3) is 0 Å². The lowest BCUT2D eigenvalue weighted by molar-refractivity contribution is -0.143. The molecule has 31 heteroatoms. The summed E-state index contributed by atoms with van der Waals surface area (Å²) in [6.45, 7) is 3.23. The number of aliphatic imine (C=N–C) groups is 2. The number of aliphatic hydroxyl groups excluding tert-OH is 2. The van der Waals surface area contributed by atoms with Crippen LogP contribution in [0.1, 0.15) is 72.1 Å². The van der Waals surface area contributed by atoms with Crippen LogP contribution in [0.15, 0.2) is 9.98 Å². The molecule has 378 valence electrons. The summed E-state index contributed by atoms with van der Waals surface area (Å²) in [5.74, 6) is -13.9. The van der Waals surface area contributed by atoms with Gasteiger partial charge in [-0.2, -0.15) is 0 Å². The van der Waals surface area contributed by atoms with E-state index in [4.69, 9.17) is 40.1 Å². The highest BCUT2D eigenvalue weighted by molar-refractivity contribution is 5.99. The minimum atomic E-state index is -2.01.